The van der Waals surface area contributed by atoms with Crippen LogP contribution in [0.5, 0.6) is 0 Å². The molecule has 0 aliphatic carbocycles. The lowest BCUT2D eigenvalue weighted by Gasteiger charge is -2.26. The van der Waals surface area contributed by atoms with Crippen molar-refractivity contribution in [3.63, 3.8) is 0 Å². The summed E-state index contributed by atoms with van der Waals surface area (Å²) in [4.78, 5) is 22.0. The second-order valence-corrected chi connectivity index (χ2v) is 5.83. The van der Waals surface area contributed by atoms with E-state index in [4.69, 9.17) is 5.11 Å². The molecule has 0 aromatic rings. The lowest BCUT2D eigenvalue weighted by Crippen LogP contribution is -2.46. The van der Waals surface area contributed by atoms with Crippen LogP contribution in [0.25, 0.3) is 0 Å². The number of thioether (sulfide) groups is 1. The maximum atomic E-state index is 11.7. The molecule has 1 atom stereocenters. The average Bonchev–Trinajstić information content (AvgIpc) is 2.16. The molecule has 5 heteroatoms. The second-order valence-electron chi connectivity index (χ2n) is 4.38. The summed E-state index contributed by atoms with van der Waals surface area (Å²) < 4.78 is 0. The Bertz CT molecular complexity index is 254. The van der Waals surface area contributed by atoms with Crippen molar-refractivity contribution in [2.45, 2.75) is 51.3 Å². The normalized spacial score (nSPS) is 13.2. The zero-order chi connectivity index (χ0) is 12.8. The van der Waals surface area contributed by atoms with Gasteiger partial charge in [0.15, 0.2) is 0 Å². The van der Waals surface area contributed by atoms with Gasteiger partial charge in [-0.25, -0.2) is 0 Å². The summed E-state index contributed by atoms with van der Waals surface area (Å²) in [5, 5.41) is 11.2. The first kappa shape index (κ1) is 15.3. The maximum absolute atomic E-state index is 11.7. The quantitative estimate of drug-likeness (QED) is 0.721. The van der Waals surface area contributed by atoms with E-state index in [9.17, 15) is 9.59 Å². The van der Waals surface area contributed by atoms with Crippen molar-refractivity contribution in [1.29, 1.82) is 0 Å². The van der Waals surface area contributed by atoms with E-state index in [-0.39, 0.29) is 23.1 Å². The van der Waals surface area contributed by atoms with E-state index < -0.39 is 5.97 Å². The highest BCUT2D eigenvalue weighted by atomic mass is 32.2. The zero-order valence-corrected chi connectivity index (χ0v) is 11.2. The summed E-state index contributed by atoms with van der Waals surface area (Å²) in [6.45, 7) is 7.76. The molecule has 0 saturated carbocycles. The van der Waals surface area contributed by atoms with Gasteiger partial charge in [-0.2, -0.15) is 0 Å². The molecule has 94 valence electrons. The molecule has 4 nitrogen and oxygen atoms in total. The summed E-state index contributed by atoms with van der Waals surface area (Å²) in [5.74, 6) is -0.382. The van der Waals surface area contributed by atoms with Crippen molar-refractivity contribution < 1.29 is 14.7 Å². The SMILES string of the molecule is CCC(C)(C)NC(=O)C(C)SCCC(=O)O. The Hall–Kier alpha value is -0.710. The topological polar surface area (TPSA) is 66.4 Å². The van der Waals surface area contributed by atoms with Crippen LogP contribution in [0.1, 0.15) is 40.5 Å². The van der Waals surface area contributed by atoms with Crippen LogP contribution in [0.4, 0.5) is 0 Å². The van der Waals surface area contributed by atoms with Crippen LogP contribution >= 0.6 is 11.8 Å². The number of nitrogens with one attached hydrogen (secondary N) is 1. The Balaban J connectivity index is 3.95. The van der Waals surface area contributed by atoms with Gasteiger partial charge in [0.1, 0.15) is 0 Å². The highest BCUT2D eigenvalue weighted by molar-refractivity contribution is 8.00. The van der Waals surface area contributed by atoms with Gasteiger partial charge in [0, 0.05) is 11.3 Å². The fourth-order valence-electron chi connectivity index (χ4n) is 0.922. The van der Waals surface area contributed by atoms with Crippen LogP contribution in [-0.2, 0) is 9.59 Å². The first-order valence-corrected chi connectivity index (χ1v) is 6.49. The molecule has 0 saturated heterocycles. The third-order valence-corrected chi connectivity index (χ3v) is 3.55. The Morgan fingerprint density at radius 2 is 2.00 bits per heavy atom. The fourth-order valence-corrected chi connectivity index (χ4v) is 1.78. The van der Waals surface area contributed by atoms with Gasteiger partial charge in [-0.05, 0) is 27.2 Å². The fraction of sp³-hybridized carbons (Fsp3) is 0.818. The molecule has 0 aliphatic heterocycles. The van der Waals surface area contributed by atoms with Gasteiger partial charge in [-0.3, -0.25) is 9.59 Å². The molecular formula is C11H21NO3S. The van der Waals surface area contributed by atoms with Crippen molar-refractivity contribution in [2.24, 2.45) is 0 Å². The molecular weight excluding hydrogens is 226 g/mol. The number of carbonyl (C=O) groups is 2. The van der Waals surface area contributed by atoms with E-state index in [1.165, 1.54) is 11.8 Å². The van der Waals surface area contributed by atoms with Gasteiger partial charge in [0.2, 0.25) is 5.91 Å². The summed E-state index contributed by atoms with van der Waals surface area (Å²) in [5.41, 5.74) is -0.196. The third-order valence-electron chi connectivity index (χ3n) is 2.40. The van der Waals surface area contributed by atoms with Crippen LogP contribution in [-0.4, -0.2) is 33.5 Å². The molecule has 0 heterocycles. The first-order valence-electron chi connectivity index (χ1n) is 5.44. The van der Waals surface area contributed by atoms with Gasteiger partial charge < -0.3 is 10.4 Å². The van der Waals surface area contributed by atoms with E-state index in [2.05, 4.69) is 5.32 Å². The van der Waals surface area contributed by atoms with E-state index in [0.717, 1.165) is 6.42 Å². The standard InChI is InChI=1S/C11H21NO3S/c1-5-11(3,4)12-10(15)8(2)16-7-6-9(13)14/h8H,5-7H2,1-4H3,(H,12,15)(H,13,14). The molecule has 0 aromatic carbocycles. The average molecular weight is 247 g/mol. The van der Waals surface area contributed by atoms with Gasteiger partial charge in [-0.15, -0.1) is 11.8 Å². The molecule has 16 heavy (non-hydrogen) atoms. The molecule has 0 bridgehead atoms. The summed E-state index contributed by atoms with van der Waals surface area (Å²) in [7, 11) is 0. The monoisotopic (exact) mass is 247 g/mol. The van der Waals surface area contributed by atoms with Crippen molar-refractivity contribution in [3.8, 4) is 0 Å². The van der Waals surface area contributed by atoms with Gasteiger partial charge in [0.05, 0.1) is 11.7 Å². The molecule has 0 aliphatic rings. The molecule has 1 amide bonds. The predicted molar refractivity (Wildman–Crippen MR) is 66.7 cm³/mol. The molecule has 0 fully saturated rings. The Labute approximate surface area is 101 Å². The van der Waals surface area contributed by atoms with Gasteiger partial charge >= 0.3 is 5.97 Å². The lowest BCUT2D eigenvalue weighted by atomic mass is 10.0. The first-order chi connectivity index (χ1) is 7.28. The zero-order valence-electron chi connectivity index (χ0n) is 10.4. The second kappa shape index (κ2) is 6.78. The third kappa shape index (κ3) is 6.71. The van der Waals surface area contributed by atoms with Crippen molar-refractivity contribution >= 4 is 23.6 Å². The number of carboxylic acids is 1. The van der Waals surface area contributed by atoms with Crippen LogP contribution in [0.15, 0.2) is 0 Å². The number of hydrogen-bond donors (Lipinski definition) is 2. The van der Waals surface area contributed by atoms with Crippen molar-refractivity contribution in [2.75, 3.05) is 5.75 Å². The van der Waals surface area contributed by atoms with Crippen molar-refractivity contribution in [1.82, 2.24) is 5.32 Å². The molecule has 0 aromatic heterocycles. The Morgan fingerprint density at radius 3 is 2.44 bits per heavy atom. The number of aliphatic carboxylic acids is 1. The minimum Gasteiger partial charge on any atom is -0.481 e. The maximum Gasteiger partial charge on any atom is 0.304 e. The summed E-state index contributed by atoms with van der Waals surface area (Å²) in [6.07, 6.45) is 0.963. The summed E-state index contributed by atoms with van der Waals surface area (Å²) in [6, 6.07) is 0. The van der Waals surface area contributed by atoms with Crippen LogP contribution in [0.3, 0.4) is 0 Å². The Morgan fingerprint density at radius 1 is 1.44 bits per heavy atom. The highest BCUT2D eigenvalue weighted by Crippen LogP contribution is 2.14. The van der Waals surface area contributed by atoms with Crippen molar-refractivity contribution in [3.05, 3.63) is 0 Å². The smallest absolute Gasteiger partial charge is 0.304 e. The van der Waals surface area contributed by atoms with Crippen LogP contribution in [0.2, 0.25) is 0 Å². The van der Waals surface area contributed by atoms with E-state index in [1.54, 1.807) is 6.92 Å². The van der Waals surface area contributed by atoms with E-state index in [1.807, 2.05) is 20.8 Å². The largest absolute Gasteiger partial charge is 0.481 e. The number of hydrogen-bond acceptors (Lipinski definition) is 3. The molecule has 0 radical (unpaired) electrons. The molecule has 0 spiro atoms. The lowest BCUT2D eigenvalue weighted by molar-refractivity contribution is -0.136. The number of rotatable bonds is 7. The molecule has 2 N–H and O–H groups in total. The summed E-state index contributed by atoms with van der Waals surface area (Å²) >= 11 is 1.37. The number of carboxylic acid groups (broad SMARTS) is 1. The highest BCUT2D eigenvalue weighted by Gasteiger charge is 2.21. The number of amides is 1. The van der Waals surface area contributed by atoms with Gasteiger partial charge in [0.25, 0.3) is 0 Å². The Kier molecular flexibility index (Phi) is 6.48. The minimum atomic E-state index is -0.825. The minimum absolute atomic E-state index is 0.0257. The van der Waals surface area contributed by atoms with E-state index in [0.29, 0.717) is 5.75 Å². The van der Waals surface area contributed by atoms with E-state index >= 15 is 0 Å². The number of carbonyl (C=O) groups excluding carboxylic acids is 1. The molecule has 1 unspecified atom stereocenters. The predicted octanol–water partition coefficient (Wildman–Crippen LogP) is 1.89. The van der Waals surface area contributed by atoms with Crippen LogP contribution in [0, 0.1) is 0 Å². The van der Waals surface area contributed by atoms with Crippen LogP contribution < -0.4 is 5.32 Å². The van der Waals surface area contributed by atoms with Gasteiger partial charge in [-0.1, -0.05) is 6.92 Å². The molecule has 0 rings (SSSR count).